The van der Waals surface area contributed by atoms with Crippen LogP contribution in [0, 0.1) is 29.2 Å². The van der Waals surface area contributed by atoms with Crippen LogP contribution < -0.4 is 14.4 Å². The first-order valence-corrected chi connectivity index (χ1v) is 18.6. The minimum atomic E-state index is -2.28. The Hall–Kier alpha value is -3.88. The van der Waals surface area contributed by atoms with Gasteiger partial charge in [-0.25, -0.2) is 13.8 Å². The Labute approximate surface area is 274 Å². The maximum Gasteiger partial charge on any atom is 0.311 e. The minimum absolute atomic E-state index is 0.0585. The van der Waals surface area contributed by atoms with E-state index in [1.54, 1.807) is 18.2 Å². The van der Waals surface area contributed by atoms with Crippen LogP contribution in [-0.4, -0.2) is 56.1 Å². The first-order valence-electron chi connectivity index (χ1n) is 16.4. The molecule has 1 fully saturated rings. The summed E-state index contributed by atoms with van der Waals surface area (Å²) in [4.78, 5) is 14.7. The molecule has 4 aromatic rings. The summed E-state index contributed by atoms with van der Waals surface area (Å²) in [5.41, 5.74) is 4.53. The summed E-state index contributed by atoms with van der Waals surface area (Å²) in [6.45, 7) is 14.0. The zero-order valence-electron chi connectivity index (χ0n) is 28.0. The van der Waals surface area contributed by atoms with E-state index in [-0.39, 0.29) is 58.9 Å². The summed E-state index contributed by atoms with van der Waals surface area (Å²) in [5.74, 6) is 2.61. The monoisotopic (exact) mass is 662 g/mol. The highest BCUT2D eigenvalue weighted by atomic mass is 28.3. The van der Waals surface area contributed by atoms with Crippen LogP contribution in [0.25, 0.3) is 32.9 Å². The molecule has 6 rings (SSSR count). The highest BCUT2D eigenvalue weighted by molar-refractivity contribution is 6.90. The Balaban J connectivity index is 1.67. The molecule has 248 valence electrons. The molecule has 0 amide bonds. The van der Waals surface area contributed by atoms with Crippen molar-refractivity contribution in [1.29, 1.82) is 0 Å². The predicted molar refractivity (Wildman–Crippen MR) is 181 cm³/mol. The fraction of sp³-hybridized carbons (Fsp3) is 0.472. The van der Waals surface area contributed by atoms with Crippen molar-refractivity contribution < 1.29 is 27.4 Å². The van der Waals surface area contributed by atoms with E-state index in [9.17, 15) is 0 Å². The van der Waals surface area contributed by atoms with Crippen molar-refractivity contribution in [2.75, 3.05) is 32.0 Å². The number of pyridine rings is 1. The summed E-state index contributed by atoms with van der Waals surface area (Å²) in [5, 5.41) is 1.17. The molecule has 7 nitrogen and oxygen atoms in total. The Kier molecular flexibility index (Phi) is 9.11. The standard InChI is InChI=1S/C36H41F3N4O3Si/c1-20(2)47(21(3)4,22(5)6)15-13-26-28(37)12-11-23-16-25(46-19-44-7)17-27(29(23)26)32-31(38)33-30-34(42-36(39)41-33)43-14-9-8-10-24(43)18-45-35(30)40-32/h11-12,16-17,20-22,24H,8-10,14,18-19H2,1-7H3/t24-/m0/s1. The van der Waals surface area contributed by atoms with Gasteiger partial charge in [0.25, 0.3) is 0 Å². The molecular formula is C36H41F3N4O3Si. The van der Waals surface area contributed by atoms with Gasteiger partial charge in [-0.3, -0.25) is 0 Å². The first kappa shape index (κ1) is 33.0. The van der Waals surface area contributed by atoms with Crippen LogP contribution in [0.5, 0.6) is 11.6 Å². The van der Waals surface area contributed by atoms with Crippen molar-refractivity contribution in [2.24, 2.45) is 0 Å². The summed E-state index contributed by atoms with van der Waals surface area (Å²) in [6.07, 6.45) is 1.68. The average Bonchev–Trinajstić information content (AvgIpc) is 3.19. The lowest BCUT2D eigenvalue weighted by atomic mass is 9.95. The maximum atomic E-state index is 16.9. The molecular weight excluding hydrogens is 622 g/mol. The number of anilines is 1. The molecule has 1 atom stereocenters. The third kappa shape index (κ3) is 5.69. The number of halogens is 3. The Bertz CT molecular complexity index is 1880. The first-order chi connectivity index (χ1) is 22.5. The van der Waals surface area contributed by atoms with Crippen LogP contribution in [0.1, 0.15) is 66.4 Å². The highest BCUT2D eigenvalue weighted by Gasteiger charge is 2.42. The number of ether oxygens (including phenoxy) is 3. The van der Waals surface area contributed by atoms with Gasteiger partial charge in [0.15, 0.2) is 12.6 Å². The summed E-state index contributed by atoms with van der Waals surface area (Å²) >= 11 is 0. The molecule has 2 aromatic heterocycles. The maximum absolute atomic E-state index is 16.9. The van der Waals surface area contributed by atoms with Gasteiger partial charge in [0.2, 0.25) is 5.88 Å². The van der Waals surface area contributed by atoms with Gasteiger partial charge in [-0.15, -0.1) is 5.54 Å². The number of benzene rings is 2. The molecule has 0 radical (unpaired) electrons. The third-order valence-electron chi connectivity index (χ3n) is 9.93. The van der Waals surface area contributed by atoms with Crippen molar-refractivity contribution in [3.05, 3.63) is 47.5 Å². The second kappa shape index (κ2) is 13.0. The molecule has 1 saturated heterocycles. The van der Waals surface area contributed by atoms with Crippen molar-refractivity contribution in [3.63, 3.8) is 0 Å². The van der Waals surface area contributed by atoms with E-state index in [0.29, 0.717) is 39.7 Å². The Morgan fingerprint density at radius 3 is 2.43 bits per heavy atom. The van der Waals surface area contributed by atoms with Gasteiger partial charge in [-0.1, -0.05) is 53.5 Å². The van der Waals surface area contributed by atoms with E-state index in [2.05, 4.69) is 63.0 Å². The molecule has 0 unspecified atom stereocenters. The molecule has 0 saturated carbocycles. The predicted octanol–water partition coefficient (Wildman–Crippen LogP) is 8.57. The number of fused-ring (bicyclic) bond motifs is 3. The number of rotatable bonds is 7. The van der Waals surface area contributed by atoms with Gasteiger partial charge < -0.3 is 19.1 Å². The van der Waals surface area contributed by atoms with E-state index < -0.39 is 25.8 Å². The van der Waals surface area contributed by atoms with E-state index in [1.807, 2.05) is 4.90 Å². The highest BCUT2D eigenvalue weighted by Crippen LogP contribution is 2.44. The zero-order chi connectivity index (χ0) is 33.6. The molecule has 4 heterocycles. The van der Waals surface area contributed by atoms with Gasteiger partial charge in [-0.2, -0.15) is 14.4 Å². The van der Waals surface area contributed by atoms with E-state index in [0.717, 1.165) is 19.3 Å². The minimum Gasteiger partial charge on any atom is -0.475 e. The summed E-state index contributed by atoms with van der Waals surface area (Å²) in [6, 6.07) is 6.25. The van der Waals surface area contributed by atoms with Crippen LogP contribution in [0.15, 0.2) is 24.3 Å². The van der Waals surface area contributed by atoms with Crippen molar-refractivity contribution in [1.82, 2.24) is 15.0 Å². The molecule has 0 spiro atoms. The van der Waals surface area contributed by atoms with Gasteiger partial charge in [-0.05, 0) is 59.5 Å². The largest absolute Gasteiger partial charge is 0.475 e. The lowest BCUT2D eigenvalue weighted by Crippen LogP contribution is -2.43. The third-order valence-corrected chi connectivity index (χ3v) is 16.2. The molecule has 11 heteroatoms. The van der Waals surface area contributed by atoms with Crippen molar-refractivity contribution in [2.45, 2.75) is 83.5 Å². The van der Waals surface area contributed by atoms with Crippen LogP contribution >= 0.6 is 0 Å². The van der Waals surface area contributed by atoms with Crippen LogP contribution in [0.3, 0.4) is 0 Å². The quantitative estimate of drug-likeness (QED) is 0.0850. The van der Waals surface area contributed by atoms with E-state index in [1.165, 1.54) is 13.2 Å². The molecule has 47 heavy (non-hydrogen) atoms. The smallest absolute Gasteiger partial charge is 0.311 e. The van der Waals surface area contributed by atoms with Gasteiger partial charge in [0, 0.05) is 24.6 Å². The fourth-order valence-electron chi connectivity index (χ4n) is 7.75. The van der Waals surface area contributed by atoms with Crippen molar-refractivity contribution >= 4 is 35.6 Å². The number of methoxy groups -OCH3 is 1. The molecule has 2 aliphatic rings. The Morgan fingerprint density at radius 1 is 0.979 bits per heavy atom. The Morgan fingerprint density at radius 2 is 1.72 bits per heavy atom. The van der Waals surface area contributed by atoms with Gasteiger partial charge in [0.1, 0.15) is 48.7 Å². The molecule has 2 aliphatic heterocycles. The second-order valence-electron chi connectivity index (χ2n) is 13.5. The number of hydrogen-bond donors (Lipinski definition) is 0. The number of hydrogen-bond acceptors (Lipinski definition) is 7. The molecule has 0 bridgehead atoms. The number of piperidine rings is 1. The van der Waals surface area contributed by atoms with E-state index in [4.69, 9.17) is 19.2 Å². The molecule has 2 aromatic carbocycles. The van der Waals surface area contributed by atoms with E-state index >= 15 is 13.2 Å². The lowest BCUT2D eigenvalue weighted by molar-refractivity contribution is 0.0512. The van der Waals surface area contributed by atoms with Gasteiger partial charge >= 0.3 is 6.08 Å². The second-order valence-corrected chi connectivity index (χ2v) is 19.0. The average molecular weight is 663 g/mol. The van der Waals surface area contributed by atoms with Gasteiger partial charge in [0.05, 0.1) is 11.6 Å². The molecule has 0 N–H and O–H groups in total. The summed E-state index contributed by atoms with van der Waals surface area (Å²) < 4.78 is 65.0. The number of nitrogens with zero attached hydrogens (tertiary/aromatic N) is 4. The lowest BCUT2D eigenvalue weighted by Gasteiger charge is -2.38. The SMILES string of the molecule is COCOc1cc(-c2nc3c4c(nc(F)nc4c2F)N2CCCC[C@H]2CO3)c2c(C#C[Si](C(C)C)(C(C)C)C(C)C)c(F)ccc2c1. The zero-order valence-corrected chi connectivity index (χ0v) is 29.0. The normalized spacial score (nSPS) is 16.4. The van der Waals surface area contributed by atoms with Crippen LogP contribution in [0.2, 0.25) is 16.6 Å². The summed E-state index contributed by atoms with van der Waals surface area (Å²) in [7, 11) is -0.781. The van der Waals surface area contributed by atoms with Crippen LogP contribution in [-0.2, 0) is 4.74 Å². The van der Waals surface area contributed by atoms with Crippen molar-refractivity contribution in [3.8, 4) is 34.4 Å². The van der Waals surface area contributed by atoms with Crippen LogP contribution in [0.4, 0.5) is 19.0 Å². The topological polar surface area (TPSA) is 69.6 Å². The fourth-order valence-corrected chi connectivity index (χ4v) is 13.0. The molecule has 0 aliphatic carbocycles. The number of aromatic nitrogens is 3.